The van der Waals surface area contributed by atoms with Crippen LogP contribution in [0.4, 0.5) is 10.2 Å². The van der Waals surface area contributed by atoms with Crippen molar-refractivity contribution >= 4 is 29.2 Å². The third-order valence-corrected chi connectivity index (χ3v) is 5.54. The van der Waals surface area contributed by atoms with Gasteiger partial charge < -0.3 is 10.1 Å². The normalized spacial score (nSPS) is 12.1. The molecule has 0 unspecified atom stereocenters. The fraction of sp³-hybridized carbons (Fsp3) is 0.292. The molecular weight excluding hydrogens is 447 g/mol. The average molecular weight is 471 g/mol. The Hall–Kier alpha value is -3.39. The van der Waals surface area contributed by atoms with E-state index in [2.05, 4.69) is 10.4 Å². The SMILES string of the molecule is CC(C)NC(=O)CN(C(=O)Cc1ccccc1F)c1nn(C)c2c1COc1ccc(Cl)cc1-2. The van der Waals surface area contributed by atoms with Crippen LogP contribution in [0.5, 0.6) is 5.75 Å². The fourth-order valence-electron chi connectivity index (χ4n) is 3.90. The Kier molecular flexibility index (Phi) is 6.37. The molecule has 33 heavy (non-hydrogen) atoms. The van der Waals surface area contributed by atoms with E-state index in [0.29, 0.717) is 22.2 Å². The molecule has 1 aliphatic rings. The van der Waals surface area contributed by atoms with Crippen molar-refractivity contribution in [1.29, 1.82) is 0 Å². The Bertz CT molecular complexity index is 1220. The first-order chi connectivity index (χ1) is 15.7. The predicted octanol–water partition coefficient (Wildman–Crippen LogP) is 3.87. The molecule has 2 aromatic carbocycles. The summed E-state index contributed by atoms with van der Waals surface area (Å²) in [5, 5.41) is 7.89. The Morgan fingerprint density at radius 1 is 1.27 bits per heavy atom. The molecule has 0 saturated heterocycles. The van der Waals surface area contributed by atoms with Gasteiger partial charge in [-0.15, -0.1) is 0 Å². The van der Waals surface area contributed by atoms with Gasteiger partial charge in [0.2, 0.25) is 11.8 Å². The molecule has 0 radical (unpaired) electrons. The molecule has 0 saturated carbocycles. The van der Waals surface area contributed by atoms with E-state index in [9.17, 15) is 14.0 Å². The number of carbonyl (C=O) groups excluding carboxylic acids is 2. The maximum atomic E-state index is 14.2. The topological polar surface area (TPSA) is 76.5 Å². The number of aromatic nitrogens is 2. The zero-order valence-electron chi connectivity index (χ0n) is 18.6. The third-order valence-electron chi connectivity index (χ3n) is 5.30. The second-order valence-electron chi connectivity index (χ2n) is 8.17. The van der Waals surface area contributed by atoms with E-state index in [1.807, 2.05) is 13.8 Å². The highest BCUT2D eigenvalue weighted by atomic mass is 35.5. The van der Waals surface area contributed by atoms with E-state index in [-0.39, 0.29) is 37.1 Å². The van der Waals surface area contributed by atoms with Crippen LogP contribution in [0, 0.1) is 5.82 Å². The fourth-order valence-corrected chi connectivity index (χ4v) is 4.07. The van der Waals surface area contributed by atoms with Crippen LogP contribution in [-0.2, 0) is 29.7 Å². The lowest BCUT2D eigenvalue weighted by Gasteiger charge is -2.24. The first-order valence-electron chi connectivity index (χ1n) is 10.6. The van der Waals surface area contributed by atoms with Crippen LogP contribution in [0.2, 0.25) is 5.02 Å². The lowest BCUT2D eigenvalue weighted by atomic mass is 10.0. The molecule has 1 aliphatic heterocycles. The van der Waals surface area contributed by atoms with Crippen molar-refractivity contribution in [3.8, 4) is 17.0 Å². The molecule has 1 N–H and O–H groups in total. The van der Waals surface area contributed by atoms with Gasteiger partial charge in [-0.1, -0.05) is 29.8 Å². The van der Waals surface area contributed by atoms with E-state index < -0.39 is 11.7 Å². The Morgan fingerprint density at radius 2 is 2.03 bits per heavy atom. The molecule has 0 aliphatic carbocycles. The van der Waals surface area contributed by atoms with Crippen molar-refractivity contribution in [2.75, 3.05) is 11.4 Å². The predicted molar refractivity (Wildman–Crippen MR) is 124 cm³/mol. The van der Waals surface area contributed by atoms with Crippen molar-refractivity contribution in [3.63, 3.8) is 0 Å². The van der Waals surface area contributed by atoms with Crippen molar-refractivity contribution in [2.24, 2.45) is 7.05 Å². The van der Waals surface area contributed by atoms with E-state index in [1.54, 1.807) is 48.1 Å². The van der Waals surface area contributed by atoms with Crippen molar-refractivity contribution in [1.82, 2.24) is 15.1 Å². The van der Waals surface area contributed by atoms with Gasteiger partial charge in [-0.2, -0.15) is 5.10 Å². The number of nitrogens with zero attached hydrogens (tertiary/aromatic N) is 3. The van der Waals surface area contributed by atoms with Gasteiger partial charge in [-0.25, -0.2) is 4.39 Å². The number of benzene rings is 2. The number of hydrogen-bond donors (Lipinski definition) is 1. The monoisotopic (exact) mass is 470 g/mol. The number of fused-ring (bicyclic) bond motifs is 3. The Balaban J connectivity index is 1.75. The number of amides is 2. The zero-order valence-corrected chi connectivity index (χ0v) is 19.3. The van der Waals surface area contributed by atoms with Crippen LogP contribution < -0.4 is 15.0 Å². The molecule has 172 valence electrons. The first-order valence-corrected chi connectivity index (χ1v) is 10.9. The van der Waals surface area contributed by atoms with Gasteiger partial charge in [0.15, 0.2) is 5.82 Å². The largest absolute Gasteiger partial charge is 0.488 e. The lowest BCUT2D eigenvalue weighted by molar-refractivity contribution is -0.124. The maximum Gasteiger partial charge on any atom is 0.240 e. The molecule has 0 spiro atoms. The van der Waals surface area contributed by atoms with Gasteiger partial charge in [-0.3, -0.25) is 19.2 Å². The van der Waals surface area contributed by atoms with Crippen molar-refractivity contribution in [3.05, 3.63) is 64.4 Å². The van der Waals surface area contributed by atoms with Crippen LogP contribution in [0.3, 0.4) is 0 Å². The van der Waals surface area contributed by atoms with Gasteiger partial charge >= 0.3 is 0 Å². The van der Waals surface area contributed by atoms with E-state index >= 15 is 0 Å². The number of rotatable bonds is 6. The average Bonchev–Trinajstić information content (AvgIpc) is 3.09. The quantitative estimate of drug-likeness (QED) is 0.593. The first kappa shape index (κ1) is 22.8. The van der Waals surface area contributed by atoms with Crippen LogP contribution in [-0.4, -0.2) is 34.2 Å². The molecule has 4 rings (SSSR count). The van der Waals surface area contributed by atoms with Gasteiger partial charge in [-0.05, 0) is 43.7 Å². The minimum absolute atomic E-state index is 0.101. The number of ether oxygens (including phenoxy) is 1. The number of anilines is 1. The van der Waals surface area contributed by atoms with Gasteiger partial charge in [0.05, 0.1) is 17.7 Å². The van der Waals surface area contributed by atoms with Gasteiger partial charge in [0.25, 0.3) is 0 Å². The summed E-state index contributed by atoms with van der Waals surface area (Å²) in [6.45, 7) is 3.58. The summed E-state index contributed by atoms with van der Waals surface area (Å²) in [6, 6.07) is 11.3. The molecule has 9 heteroatoms. The molecule has 3 aromatic rings. The van der Waals surface area contributed by atoms with Crippen LogP contribution >= 0.6 is 11.6 Å². The highest BCUT2D eigenvalue weighted by Crippen LogP contribution is 2.42. The second kappa shape index (κ2) is 9.23. The summed E-state index contributed by atoms with van der Waals surface area (Å²) in [5.74, 6) is -0.308. The number of hydrogen-bond acceptors (Lipinski definition) is 4. The van der Waals surface area contributed by atoms with Crippen LogP contribution in [0.1, 0.15) is 25.0 Å². The highest BCUT2D eigenvalue weighted by Gasteiger charge is 2.32. The van der Waals surface area contributed by atoms with E-state index in [4.69, 9.17) is 16.3 Å². The summed E-state index contributed by atoms with van der Waals surface area (Å²) >= 11 is 6.20. The zero-order chi connectivity index (χ0) is 23.7. The molecular formula is C24H24ClFN4O3. The van der Waals surface area contributed by atoms with Gasteiger partial charge in [0, 0.05) is 23.7 Å². The van der Waals surface area contributed by atoms with E-state index in [0.717, 1.165) is 11.3 Å². The number of nitrogens with one attached hydrogen (secondary N) is 1. The molecule has 0 fully saturated rings. The number of carbonyl (C=O) groups is 2. The smallest absolute Gasteiger partial charge is 0.240 e. The molecule has 0 bridgehead atoms. The minimum atomic E-state index is -0.479. The summed E-state index contributed by atoms with van der Waals surface area (Å²) < 4.78 is 21.8. The van der Waals surface area contributed by atoms with Crippen LogP contribution in [0.15, 0.2) is 42.5 Å². The number of aryl methyl sites for hydroxylation is 1. The Morgan fingerprint density at radius 3 is 2.76 bits per heavy atom. The highest BCUT2D eigenvalue weighted by molar-refractivity contribution is 6.31. The maximum absolute atomic E-state index is 14.2. The summed E-state index contributed by atoms with van der Waals surface area (Å²) in [5.41, 5.74) is 2.40. The molecule has 0 atom stereocenters. The number of halogens is 2. The molecule has 1 aromatic heterocycles. The molecule has 2 heterocycles. The third kappa shape index (κ3) is 4.71. The molecule has 2 amide bonds. The van der Waals surface area contributed by atoms with Gasteiger partial charge in [0.1, 0.15) is 24.7 Å². The van der Waals surface area contributed by atoms with Crippen molar-refractivity contribution < 1.29 is 18.7 Å². The van der Waals surface area contributed by atoms with Crippen molar-refractivity contribution in [2.45, 2.75) is 32.9 Å². The second-order valence-corrected chi connectivity index (χ2v) is 8.61. The molecule has 7 nitrogen and oxygen atoms in total. The summed E-state index contributed by atoms with van der Waals surface area (Å²) in [6.07, 6.45) is -0.212. The Labute approximate surface area is 196 Å². The standard InChI is InChI=1S/C24H24ClFN4O3/c1-14(2)27-21(31)12-30(22(32)10-15-6-4-5-7-19(15)26)24-18-13-33-20-9-8-16(25)11-17(20)23(18)29(3)28-24/h4-9,11,14H,10,12-13H2,1-3H3,(H,27,31). The minimum Gasteiger partial charge on any atom is -0.488 e. The van der Waals surface area contributed by atoms with E-state index in [1.165, 1.54) is 11.0 Å². The summed E-state index contributed by atoms with van der Waals surface area (Å²) in [4.78, 5) is 27.3. The van der Waals surface area contributed by atoms with Crippen LogP contribution in [0.25, 0.3) is 11.3 Å². The summed E-state index contributed by atoms with van der Waals surface area (Å²) in [7, 11) is 1.76. The lowest BCUT2D eigenvalue weighted by Crippen LogP contribution is -2.44.